The van der Waals surface area contributed by atoms with Crippen LogP contribution in [0.15, 0.2) is 23.5 Å². The standard InChI is InChI=1S/C19H35N5O2/c1-19(2,3)26-17(25)11-7-5-6-8-12-21-18(20-4)22-13-9-15-24-16-10-14-23-24/h10,14,16H,5-9,11-13,15H2,1-4H3,(H2,20,21,22). The van der Waals surface area contributed by atoms with Gasteiger partial charge >= 0.3 is 5.97 Å². The fraction of sp³-hybridized carbons (Fsp3) is 0.737. The highest BCUT2D eigenvalue weighted by Gasteiger charge is 2.15. The lowest BCUT2D eigenvalue weighted by Gasteiger charge is -2.19. The van der Waals surface area contributed by atoms with Crippen LogP contribution in [0.5, 0.6) is 0 Å². The van der Waals surface area contributed by atoms with Crippen LogP contribution in [0.25, 0.3) is 0 Å². The van der Waals surface area contributed by atoms with Crippen LogP contribution in [-0.4, -0.2) is 47.4 Å². The SMILES string of the molecule is CN=C(NCCCCCCC(=O)OC(C)(C)C)NCCCn1cccn1. The van der Waals surface area contributed by atoms with E-state index in [0.717, 1.165) is 57.7 Å². The molecule has 2 N–H and O–H groups in total. The molecule has 7 heteroatoms. The average Bonchev–Trinajstić information content (AvgIpc) is 3.07. The number of ether oxygens (including phenoxy) is 1. The Labute approximate surface area is 157 Å². The maximum atomic E-state index is 11.6. The van der Waals surface area contributed by atoms with Crippen molar-refractivity contribution in [3.05, 3.63) is 18.5 Å². The van der Waals surface area contributed by atoms with Gasteiger partial charge in [-0.15, -0.1) is 0 Å². The number of aryl methyl sites for hydroxylation is 1. The number of hydrogen-bond donors (Lipinski definition) is 2. The van der Waals surface area contributed by atoms with Crippen molar-refractivity contribution in [3.63, 3.8) is 0 Å². The minimum Gasteiger partial charge on any atom is -0.460 e. The van der Waals surface area contributed by atoms with E-state index in [2.05, 4.69) is 20.7 Å². The first-order chi connectivity index (χ1) is 12.4. The van der Waals surface area contributed by atoms with Crippen molar-refractivity contribution in [1.29, 1.82) is 0 Å². The van der Waals surface area contributed by atoms with Crippen molar-refractivity contribution in [1.82, 2.24) is 20.4 Å². The molecule has 0 saturated carbocycles. The van der Waals surface area contributed by atoms with Crippen molar-refractivity contribution in [2.45, 2.75) is 71.4 Å². The van der Waals surface area contributed by atoms with Crippen LogP contribution in [0, 0.1) is 0 Å². The van der Waals surface area contributed by atoms with Crippen LogP contribution in [-0.2, 0) is 16.1 Å². The van der Waals surface area contributed by atoms with Crippen LogP contribution in [0.1, 0.15) is 59.3 Å². The molecule has 0 atom stereocenters. The van der Waals surface area contributed by atoms with Crippen molar-refractivity contribution in [2.75, 3.05) is 20.1 Å². The summed E-state index contributed by atoms with van der Waals surface area (Å²) in [6, 6.07) is 1.93. The number of rotatable bonds is 11. The Balaban J connectivity index is 1.97. The van der Waals surface area contributed by atoms with E-state index in [1.54, 1.807) is 13.2 Å². The summed E-state index contributed by atoms with van der Waals surface area (Å²) in [5, 5.41) is 10.8. The summed E-state index contributed by atoms with van der Waals surface area (Å²) in [7, 11) is 1.78. The molecule has 0 aliphatic rings. The largest absolute Gasteiger partial charge is 0.460 e. The fourth-order valence-electron chi connectivity index (χ4n) is 2.45. The van der Waals surface area contributed by atoms with Crippen molar-refractivity contribution in [2.24, 2.45) is 4.99 Å². The van der Waals surface area contributed by atoms with Gasteiger partial charge in [0.1, 0.15) is 5.60 Å². The molecule has 0 unspecified atom stereocenters. The molecule has 148 valence electrons. The number of carbonyl (C=O) groups is 1. The van der Waals surface area contributed by atoms with Gasteiger partial charge in [0.15, 0.2) is 5.96 Å². The second kappa shape index (κ2) is 12.3. The number of esters is 1. The van der Waals surface area contributed by atoms with E-state index in [4.69, 9.17) is 4.74 Å². The Morgan fingerprint density at radius 2 is 1.81 bits per heavy atom. The predicted octanol–water partition coefficient (Wildman–Crippen LogP) is 2.73. The summed E-state index contributed by atoms with van der Waals surface area (Å²) >= 11 is 0. The molecule has 7 nitrogen and oxygen atoms in total. The molecule has 1 rings (SSSR count). The summed E-state index contributed by atoms with van der Waals surface area (Å²) in [6.07, 6.45) is 9.33. The molecule has 0 radical (unpaired) electrons. The van der Waals surface area contributed by atoms with Gasteiger partial charge < -0.3 is 15.4 Å². The van der Waals surface area contributed by atoms with Crippen molar-refractivity contribution >= 4 is 11.9 Å². The molecule has 0 saturated heterocycles. The zero-order valence-electron chi connectivity index (χ0n) is 16.8. The van der Waals surface area contributed by atoms with Gasteiger partial charge in [-0.1, -0.05) is 12.8 Å². The first-order valence-corrected chi connectivity index (χ1v) is 9.54. The van der Waals surface area contributed by atoms with Crippen LogP contribution in [0.4, 0.5) is 0 Å². The second-order valence-corrected chi connectivity index (χ2v) is 7.30. The van der Waals surface area contributed by atoms with Gasteiger partial charge in [-0.2, -0.15) is 5.10 Å². The van der Waals surface area contributed by atoms with E-state index in [-0.39, 0.29) is 11.6 Å². The summed E-state index contributed by atoms with van der Waals surface area (Å²) < 4.78 is 7.23. The minimum atomic E-state index is -0.387. The molecule has 0 amide bonds. The molecule has 1 aromatic heterocycles. The van der Waals surface area contributed by atoms with E-state index < -0.39 is 0 Å². The highest BCUT2D eigenvalue weighted by Crippen LogP contribution is 2.10. The van der Waals surface area contributed by atoms with Gasteiger partial charge in [-0.05, 0) is 46.1 Å². The Bertz CT molecular complexity index is 521. The summed E-state index contributed by atoms with van der Waals surface area (Å²) in [4.78, 5) is 15.8. The lowest BCUT2D eigenvalue weighted by molar-refractivity contribution is -0.154. The Morgan fingerprint density at radius 1 is 1.12 bits per heavy atom. The zero-order valence-corrected chi connectivity index (χ0v) is 16.8. The van der Waals surface area contributed by atoms with Crippen LogP contribution >= 0.6 is 0 Å². The molecule has 1 aromatic rings. The molecule has 0 spiro atoms. The third-order valence-corrected chi connectivity index (χ3v) is 3.66. The summed E-state index contributed by atoms with van der Waals surface area (Å²) in [5.41, 5.74) is -0.387. The summed E-state index contributed by atoms with van der Waals surface area (Å²) in [5.74, 6) is 0.731. The number of aliphatic imine (C=N–C) groups is 1. The smallest absolute Gasteiger partial charge is 0.306 e. The third kappa shape index (κ3) is 11.5. The normalized spacial score (nSPS) is 12.1. The minimum absolute atomic E-state index is 0.102. The number of guanidine groups is 1. The molecule has 0 aliphatic heterocycles. The van der Waals surface area contributed by atoms with Gasteiger partial charge in [-0.25, -0.2) is 0 Å². The van der Waals surface area contributed by atoms with Crippen molar-refractivity contribution < 1.29 is 9.53 Å². The van der Waals surface area contributed by atoms with Crippen molar-refractivity contribution in [3.8, 4) is 0 Å². The summed E-state index contributed by atoms with van der Waals surface area (Å²) in [6.45, 7) is 8.33. The number of nitrogens with zero attached hydrogens (tertiary/aromatic N) is 3. The van der Waals surface area contributed by atoms with Gasteiger partial charge in [0, 0.05) is 45.5 Å². The van der Waals surface area contributed by atoms with E-state index in [9.17, 15) is 4.79 Å². The molecule has 0 aromatic carbocycles. The highest BCUT2D eigenvalue weighted by atomic mass is 16.6. The fourth-order valence-corrected chi connectivity index (χ4v) is 2.45. The topological polar surface area (TPSA) is 80.5 Å². The van der Waals surface area contributed by atoms with E-state index in [1.807, 2.05) is 37.7 Å². The second-order valence-electron chi connectivity index (χ2n) is 7.30. The molecule has 0 aliphatic carbocycles. The molecule has 26 heavy (non-hydrogen) atoms. The molecular formula is C19H35N5O2. The lowest BCUT2D eigenvalue weighted by Crippen LogP contribution is -2.38. The maximum Gasteiger partial charge on any atom is 0.306 e. The lowest BCUT2D eigenvalue weighted by atomic mass is 10.1. The van der Waals surface area contributed by atoms with Gasteiger partial charge in [0.05, 0.1) is 0 Å². The highest BCUT2D eigenvalue weighted by molar-refractivity contribution is 5.79. The van der Waals surface area contributed by atoms with Gasteiger partial charge in [0.25, 0.3) is 0 Å². The van der Waals surface area contributed by atoms with E-state index in [0.29, 0.717) is 6.42 Å². The van der Waals surface area contributed by atoms with E-state index >= 15 is 0 Å². The number of aromatic nitrogens is 2. The van der Waals surface area contributed by atoms with Gasteiger partial charge in [-0.3, -0.25) is 14.5 Å². The van der Waals surface area contributed by atoms with Crippen LogP contribution < -0.4 is 10.6 Å². The quantitative estimate of drug-likeness (QED) is 0.273. The average molecular weight is 366 g/mol. The third-order valence-electron chi connectivity index (χ3n) is 3.66. The maximum absolute atomic E-state index is 11.6. The first kappa shape index (κ1) is 22.0. The number of nitrogens with one attached hydrogen (secondary N) is 2. The Morgan fingerprint density at radius 3 is 2.42 bits per heavy atom. The van der Waals surface area contributed by atoms with Crippen LogP contribution in [0.3, 0.4) is 0 Å². The predicted molar refractivity (Wildman–Crippen MR) is 105 cm³/mol. The first-order valence-electron chi connectivity index (χ1n) is 9.54. The van der Waals surface area contributed by atoms with E-state index in [1.165, 1.54) is 0 Å². The molecule has 0 bridgehead atoms. The van der Waals surface area contributed by atoms with Crippen LogP contribution in [0.2, 0.25) is 0 Å². The number of unbranched alkanes of at least 4 members (excludes halogenated alkanes) is 3. The Hall–Kier alpha value is -2.05. The Kier molecular flexibility index (Phi) is 10.4. The van der Waals surface area contributed by atoms with Gasteiger partial charge in [0.2, 0.25) is 0 Å². The molecule has 0 fully saturated rings. The number of hydrogen-bond acceptors (Lipinski definition) is 4. The monoisotopic (exact) mass is 365 g/mol. The molecule has 1 heterocycles. The number of carbonyl (C=O) groups excluding carboxylic acids is 1. The molecular weight excluding hydrogens is 330 g/mol. The zero-order chi connectivity index (χ0) is 19.3.